The van der Waals surface area contributed by atoms with Crippen molar-refractivity contribution in [3.8, 4) is 0 Å². The van der Waals surface area contributed by atoms with E-state index in [1.54, 1.807) is 18.2 Å². The van der Waals surface area contributed by atoms with Crippen molar-refractivity contribution >= 4 is 23.2 Å². The van der Waals surface area contributed by atoms with Crippen molar-refractivity contribution in [1.82, 2.24) is 5.32 Å². The Kier molecular flexibility index (Phi) is 4.04. The van der Waals surface area contributed by atoms with Crippen LogP contribution in [0.1, 0.15) is 38.1 Å². The molecule has 1 aromatic carbocycles. The fraction of sp³-hybridized carbons (Fsp3) is 0.462. The summed E-state index contributed by atoms with van der Waals surface area (Å²) in [4.78, 5) is 12.0. The second-order valence-electron chi connectivity index (χ2n) is 5.30. The van der Waals surface area contributed by atoms with Gasteiger partial charge in [0.05, 0.1) is 10.7 Å². The van der Waals surface area contributed by atoms with E-state index in [2.05, 4.69) is 26.1 Å². The Morgan fingerprint density at radius 3 is 2.47 bits per heavy atom. The quantitative estimate of drug-likeness (QED) is 0.797. The predicted molar refractivity (Wildman–Crippen MR) is 72.2 cm³/mol. The van der Waals surface area contributed by atoms with E-state index in [1.165, 1.54) is 0 Å². The molecule has 94 valence electrons. The van der Waals surface area contributed by atoms with E-state index >= 15 is 0 Å². The smallest absolute Gasteiger partial charge is 0.251 e. The fourth-order valence-corrected chi connectivity index (χ4v) is 1.30. The number of nitrogens with two attached hydrogens (primary N) is 1. The number of anilines is 1. The van der Waals surface area contributed by atoms with Gasteiger partial charge in [0, 0.05) is 11.6 Å². The number of benzene rings is 1. The van der Waals surface area contributed by atoms with Gasteiger partial charge in [0.2, 0.25) is 0 Å². The van der Waals surface area contributed by atoms with Crippen LogP contribution in [0.25, 0.3) is 0 Å². The third kappa shape index (κ3) is 3.63. The van der Waals surface area contributed by atoms with Gasteiger partial charge in [-0.2, -0.15) is 0 Å². The van der Waals surface area contributed by atoms with Crippen LogP contribution < -0.4 is 11.1 Å². The van der Waals surface area contributed by atoms with Crippen molar-refractivity contribution in [3.05, 3.63) is 28.8 Å². The fourth-order valence-electron chi connectivity index (χ4n) is 1.18. The van der Waals surface area contributed by atoms with Crippen LogP contribution in [0.4, 0.5) is 5.69 Å². The normalized spacial score (nSPS) is 13.2. The molecule has 1 amide bonds. The molecule has 0 aliphatic heterocycles. The van der Waals surface area contributed by atoms with Crippen LogP contribution in [0.5, 0.6) is 0 Å². The van der Waals surface area contributed by atoms with Gasteiger partial charge in [-0.05, 0) is 30.5 Å². The van der Waals surface area contributed by atoms with Crippen LogP contribution in [0.3, 0.4) is 0 Å². The minimum Gasteiger partial charge on any atom is -0.398 e. The summed E-state index contributed by atoms with van der Waals surface area (Å²) in [6, 6.07) is 4.97. The zero-order valence-electron chi connectivity index (χ0n) is 10.7. The van der Waals surface area contributed by atoms with E-state index in [0.29, 0.717) is 16.3 Å². The van der Waals surface area contributed by atoms with E-state index in [0.717, 1.165) is 0 Å². The highest BCUT2D eigenvalue weighted by Gasteiger charge is 2.22. The second-order valence-corrected chi connectivity index (χ2v) is 5.70. The molecule has 1 unspecified atom stereocenters. The number of halogens is 1. The molecule has 3 N–H and O–H groups in total. The van der Waals surface area contributed by atoms with Gasteiger partial charge in [-0.3, -0.25) is 4.79 Å². The molecule has 0 spiro atoms. The topological polar surface area (TPSA) is 55.1 Å². The Labute approximate surface area is 107 Å². The highest BCUT2D eigenvalue weighted by molar-refractivity contribution is 6.33. The number of amides is 1. The largest absolute Gasteiger partial charge is 0.398 e. The molecule has 0 bridgehead atoms. The molecule has 0 heterocycles. The van der Waals surface area contributed by atoms with Crippen molar-refractivity contribution in [3.63, 3.8) is 0 Å². The van der Waals surface area contributed by atoms with Gasteiger partial charge in [0.15, 0.2) is 0 Å². The molecule has 0 saturated carbocycles. The molecule has 4 heteroatoms. The molecule has 1 aromatic rings. The summed E-state index contributed by atoms with van der Waals surface area (Å²) < 4.78 is 0. The number of carbonyl (C=O) groups excluding carboxylic acids is 1. The van der Waals surface area contributed by atoms with Crippen molar-refractivity contribution in [1.29, 1.82) is 0 Å². The Bertz CT molecular complexity index is 424. The summed E-state index contributed by atoms with van der Waals surface area (Å²) in [5.41, 5.74) is 6.63. The molecule has 3 nitrogen and oxygen atoms in total. The molecule has 0 radical (unpaired) electrons. The lowest BCUT2D eigenvalue weighted by Gasteiger charge is -2.28. The predicted octanol–water partition coefficient (Wildman–Crippen LogP) is 3.09. The number of hydrogen-bond donors (Lipinski definition) is 2. The first-order valence-corrected chi connectivity index (χ1v) is 5.95. The molecular weight excluding hydrogens is 236 g/mol. The number of carbonyl (C=O) groups is 1. The first-order valence-electron chi connectivity index (χ1n) is 5.57. The maximum Gasteiger partial charge on any atom is 0.251 e. The zero-order valence-corrected chi connectivity index (χ0v) is 11.4. The highest BCUT2D eigenvalue weighted by atomic mass is 35.5. The lowest BCUT2D eigenvalue weighted by atomic mass is 9.88. The average molecular weight is 255 g/mol. The number of nitrogen functional groups attached to an aromatic ring is 1. The van der Waals surface area contributed by atoms with Crippen LogP contribution in [-0.2, 0) is 0 Å². The van der Waals surface area contributed by atoms with Crippen LogP contribution in [0.2, 0.25) is 5.02 Å². The minimum absolute atomic E-state index is 0.0215. The Balaban J connectivity index is 2.80. The third-order valence-corrected chi connectivity index (χ3v) is 3.25. The standard InChI is InChI=1S/C13H19ClN2O/c1-8(13(2,3)4)16-12(17)9-5-6-10(14)11(15)7-9/h5-8H,15H2,1-4H3,(H,16,17). The molecule has 0 aliphatic rings. The van der Waals surface area contributed by atoms with Gasteiger partial charge in [0.25, 0.3) is 5.91 Å². The molecule has 1 atom stereocenters. The van der Waals surface area contributed by atoms with Gasteiger partial charge in [-0.25, -0.2) is 0 Å². The van der Waals surface area contributed by atoms with Crippen molar-refractivity contribution in [2.75, 3.05) is 5.73 Å². The number of hydrogen-bond acceptors (Lipinski definition) is 2. The van der Waals surface area contributed by atoms with Gasteiger partial charge < -0.3 is 11.1 Å². The minimum atomic E-state index is -0.129. The maximum absolute atomic E-state index is 12.0. The van der Waals surface area contributed by atoms with Gasteiger partial charge >= 0.3 is 0 Å². The molecule has 0 saturated heterocycles. The first kappa shape index (κ1) is 13.8. The van der Waals surface area contributed by atoms with E-state index in [1.807, 2.05) is 6.92 Å². The van der Waals surface area contributed by atoms with Crippen molar-refractivity contribution in [2.24, 2.45) is 5.41 Å². The number of rotatable bonds is 2. The number of nitrogens with one attached hydrogen (secondary N) is 1. The van der Waals surface area contributed by atoms with Crippen LogP contribution in [0, 0.1) is 5.41 Å². The summed E-state index contributed by atoms with van der Waals surface area (Å²) in [6.07, 6.45) is 0. The average Bonchev–Trinajstić information content (AvgIpc) is 2.20. The zero-order chi connectivity index (χ0) is 13.2. The molecule has 0 aliphatic carbocycles. The van der Waals surface area contributed by atoms with E-state index in [-0.39, 0.29) is 17.4 Å². The molecule has 17 heavy (non-hydrogen) atoms. The molecule has 0 fully saturated rings. The van der Waals surface area contributed by atoms with Crippen LogP contribution in [-0.4, -0.2) is 11.9 Å². The van der Waals surface area contributed by atoms with Gasteiger partial charge in [-0.15, -0.1) is 0 Å². The summed E-state index contributed by atoms with van der Waals surface area (Å²) in [7, 11) is 0. The Morgan fingerprint density at radius 1 is 1.41 bits per heavy atom. The summed E-state index contributed by atoms with van der Waals surface area (Å²) in [6.45, 7) is 8.22. The van der Waals surface area contributed by atoms with Gasteiger partial charge in [0.1, 0.15) is 0 Å². The first-order chi connectivity index (χ1) is 7.71. The molecular formula is C13H19ClN2O. The second kappa shape index (κ2) is 4.96. The Hall–Kier alpha value is -1.22. The van der Waals surface area contributed by atoms with Crippen molar-refractivity contribution in [2.45, 2.75) is 33.7 Å². The van der Waals surface area contributed by atoms with Crippen LogP contribution >= 0.6 is 11.6 Å². The maximum atomic E-state index is 12.0. The van der Waals surface area contributed by atoms with Gasteiger partial charge in [-0.1, -0.05) is 32.4 Å². The van der Waals surface area contributed by atoms with Crippen LogP contribution in [0.15, 0.2) is 18.2 Å². The van der Waals surface area contributed by atoms with E-state index in [9.17, 15) is 4.79 Å². The molecule has 0 aromatic heterocycles. The SMILES string of the molecule is CC(NC(=O)c1ccc(Cl)c(N)c1)C(C)(C)C. The monoisotopic (exact) mass is 254 g/mol. The summed E-state index contributed by atoms with van der Waals surface area (Å²) in [5, 5.41) is 3.41. The van der Waals surface area contributed by atoms with E-state index < -0.39 is 0 Å². The third-order valence-electron chi connectivity index (χ3n) is 2.90. The summed E-state index contributed by atoms with van der Waals surface area (Å²) in [5.74, 6) is -0.129. The highest BCUT2D eigenvalue weighted by Crippen LogP contribution is 2.21. The summed E-state index contributed by atoms with van der Waals surface area (Å²) >= 11 is 5.81. The lowest BCUT2D eigenvalue weighted by molar-refractivity contribution is 0.0910. The molecule has 1 rings (SSSR count). The lowest BCUT2D eigenvalue weighted by Crippen LogP contribution is -2.41. The Morgan fingerprint density at radius 2 is 2.00 bits per heavy atom. The van der Waals surface area contributed by atoms with Crippen molar-refractivity contribution < 1.29 is 4.79 Å². The van der Waals surface area contributed by atoms with E-state index in [4.69, 9.17) is 17.3 Å².